The molecular formula is C75H84N12O12. The third kappa shape index (κ3) is 16.4. The van der Waals surface area contributed by atoms with Crippen molar-refractivity contribution < 1.29 is 86.1 Å². The number of rotatable bonds is 18. The number of carbonyl (C=O) groups excluding carboxylic acids is 9. The van der Waals surface area contributed by atoms with Gasteiger partial charge >= 0.3 is 0 Å². The lowest BCUT2D eigenvalue weighted by molar-refractivity contribution is -0.138. The van der Waals surface area contributed by atoms with Crippen LogP contribution in [0.2, 0.25) is 0 Å². The maximum absolute atomic E-state index is 13.3. The summed E-state index contributed by atoms with van der Waals surface area (Å²) in [5, 5.41) is 14.8. The quantitative estimate of drug-likeness (QED) is 0.0565. The van der Waals surface area contributed by atoms with Gasteiger partial charge in [-0.05, 0) is 88.9 Å². The van der Waals surface area contributed by atoms with Gasteiger partial charge in [-0.3, -0.25) is 73.8 Å². The monoisotopic (exact) mass is 1370 g/mol. The first kappa shape index (κ1) is 46.6. The third-order valence-electron chi connectivity index (χ3n) is 17.1. The first-order valence-corrected chi connectivity index (χ1v) is 32.1. The van der Waals surface area contributed by atoms with Crippen molar-refractivity contribution >= 4 is 70.2 Å². The number of piperidine rings is 3. The number of hydrogen-bond acceptors (Lipinski definition) is 18. The molecule has 9 aliphatic rings. The van der Waals surface area contributed by atoms with Crippen LogP contribution in [0.3, 0.4) is 0 Å². The summed E-state index contributed by atoms with van der Waals surface area (Å²) >= 11 is 0. The van der Waals surface area contributed by atoms with Crippen LogP contribution in [0.5, 0.6) is 0 Å². The molecule has 6 aromatic rings. The second-order valence-corrected chi connectivity index (χ2v) is 23.6. The van der Waals surface area contributed by atoms with Crippen molar-refractivity contribution in [2.45, 2.75) is 115 Å². The zero-order valence-corrected chi connectivity index (χ0v) is 53.4. The number of benzene rings is 6. The molecule has 6 N–H and O–H groups in total. The topological polar surface area (TPSA) is 273 Å². The van der Waals surface area contributed by atoms with Crippen LogP contribution < -0.4 is 31.9 Å². The summed E-state index contributed by atoms with van der Waals surface area (Å²) in [6.45, 7) is 0.733. The summed E-state index contributed by atoms with van der Waals surface area (Å²) in [5.74, 6) is -11.2. The molecule has 0 saturated carbocycles. The number of morpholine rings is 3. The number of amides is 9. The molecular weight excluding hydrogens is 1260 g/mol. The van der Waals surface area contributed by atoms with Crippen LogP contribution in [-0.4, -0.2) is 180 Å². The smallest absolute Gasteiger partial charge is 0.255 e. The van der Waals surface area contributed by atoms with Crippen LogP contribution in [0.4, 0.5) is 17.1 Å². The summed E-state index contributed by atoms with van der Waals surface area (Å²) in [4.78, 5) is 121. The van der Waals surface area contributed by atoms with E-state index in [0.29, 0.717) is 164 Å². The average molecular weight is 1370 g/mol. The van der Waals surface area contributed by atoms with E-state index >= 15 is 0 Å². The van der Waals surface area contributed by atoms with E-state index in [9.17, 15) is 43.2 Å². The maximum Gasteiger partial charge on any atom is 0.255 e. The van der Waals surface area contributed by atoms with E-state index in [0.717, 1.165) is 16.7 Å². The van der Waals surface area contributed by atoms with Crippen molar-refractivity contribution in [3.63, 3.8) is 0 Å². The van der Waals surface area contributed by atoms with E-state index in [4.69, 9.17) is 43.0 Å². The highest BCUT2D eigenvalue weighted by atomic mass is 16.5. The molecule has 0 aromatic heterocycles. The molecule has 3 atom stereocenters. The minimum atomic E-state index is -3.33. The van der Waals surface area contributed by atoms with Crippen molar-refractivity contribution in [3.05, 3.63) is 194 Å². The van der Waals surface area contributed by atoms with Gasteiger partial charge < -0.3 is 44.9 Å². The fourth-order valence-electron chi connectivity index (χ4n) is 12.0. The summed E-state index contributed by atoms with van der Waals surface area (Å²) in [6.07, 6.45) is -19.7. The van der Waals surface area contributed by atoms with E-state index in [-0.39, 0.29) is 36.3 Å². The van der Waals surface area contributed by atoms with Crippen LogP contribution in [0.1, 0.15) is 148 Å². The van der Waals surface area contributed by atoms with Gasteiger partial charge in [0.25, 0.3) is 17.7 Å². The molecule has 0 radical (unpaired) electrons. The predicted octanol–water partition coefficient (Wildman–Crippen LogP) is 5.68. The Labute approximate surface area is 604 Å². The van der Waals surface area contributed by atoms with E-state index < -0.39 is 129 Å². The summed E-state index contributed by atoms with van der Waals surface area (Å²) in [5.41, 5.74) is 7.12. The molecule has 0 aliphatic carbocycles. The van der Waals surface area contributed by atoms with Crippen LogP contribution in [-0.2, 0) is 102 Å². The molecule has 516 valence electrons. The molecule has 9 amide bonds. The Morgan fingerprint density at radius 3 is 0.889 bits per heavy atom. The Kier molecular flexibility index (Phi) is 14.8. The Hall–Kier alpha value is -9.69. The van der Waals surface area contributed by atoms with Crippen LogP contribution in [0.15, 0.2) is 127 Å². The first-order valence-electron chi connectivity index (χ1n) is 42.6. The second kappa shape index (κ2) is 31.4. The zero-order chi connectivity index (χ0) is 87.3. The standard InChI is InChI=1S/3C25H28N4O4/c3*30-23-9-8-22(24(31)27-23)29-16-20-19(25(29)32)2-1-3-21(20)26-14-17-4-6-18(7-5-17)15-28-10-12-33-13-11-28/h3*1-7,22,26H,8-16H2,(H,27,30,31)/t2*22-;/m10./s1/i3*8D2,9D2,15D2,22D. The van der Waals surface area contributed by atoms with E-state index in [1.165, 1.54) is 18.2 Å². The van der Waals surface area contributed by atoms with Crippen molar-refractivity contribution in [1.29, 1.82) is 0 Å². The lowest BCUT2D eigenvalue weighted by Gasteiger charge is -2.29. The fourth-order valence-corrected chi connectivity index (χ4v) is 12.0. The highest BCUT2D eigenvalue weighted by molar-refractivity contribution is 6.08. The SMILES string of the molecule is [2H]C([2H])(c1ccc(CNc2cccc3c2CN(C2([2H])C(=O)NC(=O)C([2H])([2H])C2([2H])[2H])C3=O)cc1)N1CCOCC1.[2H]C([2H])(c1ccc(CNc2cccc3c2CN([C@@]2([2H])C(=O)NC(=O)C([2H])([2H])C2([2H])[2H])C3=O)cc1)N1CCOCC1.[2H]C([2H])(c1ccc(CNc2cccc3c2CN([C@]2([2H])C(=O)NC(=O)C([2H])([2H])C2([2H])[2H])C3=O)cc1)N1CCOCC1. The van der Waals surface area contributed by atoms with Gasteiger partial charge in [0, 0.05) is 192 Å². The Bertz CT molecular complexity index is 4590. The predicted molar refractivity (Wildman–Crippen MR) is 367 cm³/mol. The van der Waals surface area contributed by atoms with Crippen molar-refractivity contribution in [2.75, 3.05) is 94.9 Å². The maximum atomic E-state index is 13.3. The number of ether oxygens (including phenoxy) is 3. The number of carbonyl (C=O) groups is 9. The van der Waals surface area contributed by atoms with Crippen molar-refractivity contribution in [2.24, 2.45) is 0 Å². The molecule has 0 bridgehead atoms. The lowest BCUT2D eigenvalue weighted by Crippen LogP contribution is -2.52. The van der Waals surface area contributed by atoms with E-state index in [1.807, 2.05) is 0 Å². The van der Waals surface area contributed by atoms with Gasteiger partial charge in [0.05, 0.1) is 43.8 Å². The zero-order valence-electron chi connectivity index (χ0n) is 74.4. The minimum absolute atomic E-state index is 0.131. The molecule has 24 nitrogen and oxygen atoms in total. The van der Waals surface area contributed by atoms with Gasteiger partial charge in [-0.15, -0.1) is 0 Å². The van der Waals surface area contributed by atoms with Gasteiger partial charge in [-0.2, -0.15) is 0 Å². The lowest BCUT2D eigenvalue weighted by atomic mass is 10.0. The average Bonchev–Trinajstić information content (AvgIpc) is 1.33. The molecule has 15 rings (SSSR count). The molecule has 99 heavy (non-hydrogen) atoms. The van der Waals surface area contributed by atoms with Gasteiger partial charge in [-0.25, -0.2) is 0 Å². The van der Waals surface area contributed by atoms with Gasteiger partial charge in [0.2, 0.25) is 35.4 Å². The van der Waals surface area contributed by atoms with Gasteiger partial charge in [0.1, 0.15) is 18.1 Å². The van der Waals surface area contributed by atoms with Crippen LogP contribution in [0.25, 0.3) is 0 Å². The van der Waals surface area contributed by atoms with Crippen LogP contribution in [0, 0.1) is 0 Å². The molecule has 24 heteroatoms. The molecule has 6 fully saturated rings. The Balaban J connectivity index is 0.000000156. The van der Waals surface area contributed by atoms with Crippen LogP contribution >= 0.6 is 0 Å². The summed E-state index contributed by atoms with van der Waals surface area (Å²) in [6, 6.07) is 26.2. The molecule has 0 spiro atoms. The van der Waals surface area contributed by atoms with E-state index in [1.54, 1.807) is 140 Å². The molecule has 9 aliphatic heterocycles. The number of anilines is 3. The Morgan fingerprint density at radius 2 is 0.626 bits per heavy atom. The number of fused-ring (bicyclic) bond motifs is 3. The summed E-state index contributed by atoms with van der Waals surface area (Å²) < 4.78 is 190. The number of hydrogen-bond donors (Lipinski definition) is 6. The largest absolute Gasteiger partial charge is 0.381 e. The first-order chi connectivity index (χ1) is 56.2. The molecule has 6 saturated heterocycles. The number of nitrogens with one attached hydrogen (secondary N) is 6. The van der Waals surface area contributed by atoms with Gasteiger partial charge in [-0.1, -0.05) is 91.0 Å². The number of nitrogens with zero attached hydrogens (tertiary/aromatic N) is 6. The number of imide groups is 3. The molecule has 9 heterocycles. The molecule has 6 aromatic carbocycles. The van der Waals surface area contributed by atoms with Gasteiger partial charge in [0.15, 0.2) is 0 Å². The fraction of sp³-hybridized carbons (Fsp3) is 0.400. The Morgan fingerprint density at radius 1 is 0.374 bits per heavy atom. The van der Waals surface area contributed by atoms with Crippen molar-refractivity contribution in [3.8, 4) is 0 Å². The molecule has 1 unspecified atom stereocenters. The minimum Gasteiger partial charge on any atom is -0.381 e. The summed E-state index contributed by atoms with van der Waals surface area (Å²) in [7, 11) is 0. The third-order valence-corrected chi connectivity index (χ3v) is 17.1. The normalized spacial score (nSPS) is 30.0. The van der Waals surface area contributed by atoms with E-state index in [2.05, 4.69) is 16.0 Å². The highest BCUT2D eigenvalue weighted by Crippen LogP contribution is 2.36. The van der Waals surface area contributed by atoms with Crippen molar-refractivity contribution in [1.82, 2.24) is 45.3 Å². The second-order valence-electron chi connectivity index (χ2n) is 23.6. The highest BCUT2D eigenvalue weighted by Gasteiger charge is 2.43.